The van der Waals surface area contributed by atoms with Crippen LogP contribution in [0.25, 0.3) is 0 Å². The summed E-state index contributed by atoms with van der Waals surface area (Å²) >= 11 is 0. The molecular formula is C22H24N2O7. The van der Waals surface area contributed by atoms with E-state index in [4.69, 9.17) is 18.9 Å². The molecule has 1 atom stereocenters. The van der Waals surface area contributed by atoms with Crippen molar-refractivity contribution in [2.24, 2.45) is 5.92 Å². The van der Waals surface area contributed by atoms with E-state index < -0.39 is 24.4 Å². The van der Waals surface area contributed by atoms with E-state index in [0.29, 0.717) is 28.6 Å². The van der Waals surface area contributed by atoms with E-state index in [1.165, 1.54) is 19.1 Å². The minimum absolute atomic E-state index is 0.00584. The smallest absolute Gasteiger partial charge is 0.311 e. The highest BCUT2D eigenvalue weighted by Gasteiger charge is 2.37. The monoisotopic (exact) mass is 428 g/mol. The van der Waals surface area contributed by atoms with Crippen LogP contribution in [0, 0.1) is 5.92 Å². The highest BCUT2D eigenvalue weighted by molar-refractivity contribution is 6.01. The quantitative estimate of drug-likeness (QED) is 0.643. The molecule has 2 aromatic carbocycles. The van der Waals surface area contributed by atoms with Gasteiger partial charge in [-0.2, -0.15) is 0 Å². The average molecular weight is 428 g/mol. The molecule has 2 aromatic rings. The van der Waals surface area contributed by atoms with Gasteiger partial charge in [0.05, 0.1) is 32.9 Å². The summed E-state index contributed by atoms with van der Waals surface area (Å²) in [6.45, 7) is -0.304. The van der Waals surface area contributed by atoms with Crippen LogP contribution in [0.2, 0.25) is 0 Å². The number of esters is 1. The minimum Gasteiger partial charge on any atom is -0.497 e. The van der Waals surface area contributed by atoms with Crippen molar-refractivity contribution in [3.63, 3.8) is 0 Å². The molecule has 0 saturated carbocycles. The lowest BCUT2D eigenvalue weighted by Gasteiger charge is -2.20. The van der Waals surface area contributed by atoms with Gasteiger partial charge in [0.25, 0.3) is 5.91 Å². The maximum Gasteiger partial charge on any atom is 0.311 e. The first kappa shape index (κ1) is 21.9. The lowest BCUT2D eigenvalue weighted by Crippen LogP contribution is -2.28. The molecular weight excluding hydrogens is 404 g/mol. The van der Waals surface area contributed by atoms with Crippen molar-refractivity contribution in [3.05, 3.63) is 42.5 Å². The van der Waals surface area contributed by atoms with Gasteiger partial charge in [-0.25, -0.2) is 0 Å². The van der Waals surface area contributed by atoms with Gasteiger partial charge in [0.2, 0.25) is 5.91 Å². The van der Waals surface area contributed by atoms with E-state index in [1.54, 1.807) is 49.6 Å². The molecule has 0 bridgehead atoms. The second-order valence-corrected chi connectivity index (χ2v) is 6.83. The van der Waals surface area contributed by atoms with E-state index in [1.807, 2.05) is 0 Å². The van der Waals surface area contributed by atoms with Crippen molar-refractivity contribution >= 4 is 29.2 Å². The van der Waals surface area contributed by atoms with Crippen LogP contribution in [0.3, 0.4) is 0 Å². The Morgan fingerprint density at radius 3 is 2.32 bits per heavy atom. The summed E-state index contributed by atoms with van der Waals surface area (Å²) in [5.41, 5.74) is 1.09. The molecule has 9 heteroatoms. The number of hydrogen-bond donors (Lipinski definition) is 1. The van der Waals surface area contributed by atoms with Gasteiger partial charge in [-0.1, -0.05) is 0 Å². The number of rotatable bonds is 8. The first-order valence-electron chi connectivity index (χ1n) is 9.58. The molecule has 1 heterocycles. The third-order valence-electron chi connectivity index (χ3n) is 4.86. The van der Waals surface area contributed by atoms with Crippen LogP contribution in [-0.4, -0.2) is 52.3 Å². The summed E-state index contributed by atoms with van der Waals surface area (Å²) < 4.78 is 20.7. The maximum atomic E-state index is 12.5. The van der Waals surface area contributed by atoms with Crippen molar-refractivity contribution in [1.29, 1.82) is 0 Å². The zero-order valence-electron chi connectivity index (χ0n) is 17.5. The molecule has 1 N–H and O–H groups in total. The Labute approximate surface area is 179 Å². The molecule has 0 radical (unpaired) electrons. The first-order valence-corrected chi connectivity index (χ1v) is 9.58. The fourth-order valence-corrected chi connectivity index (χ4v) is 3.23. The summed E-state index contributed by atoms with van der Waals surface area (Å²) in [4.78, 5) is 38.4. The molecule has 1 saturated heterocycles. The summed E-state index contributed by atoms with van der Waals surface area (Å²) in [6, 6.07) is 11.8. The number of methoxy groups -OCH3 is 3. The van der Waals surface area contributed by atoms with Crippen LogP contribution in [-0.2, 0) is 19.1 Å². The molecule has 0 unspecified atom stereocenters. The molecule has 3 rings (SSSR count). The third-order valence-corrected chi connectivity index (χ3v) is 4.86. The van der Waals surface area contributed by atoms with Gasteiger partial charge in [-0.05, 0) is 36.4 Å². The number of amides is 2. The standard InChI is InChI=1S/C22H24N2O7/c1-28-16-6-4-15(5-7-16)23-20(25)13-31-22(27)14-10-21(26)24(12-14)18-9-8-17(29-2)11-19(18)30-3/h4-9,11,14H,10,12-13H2,1-3H3,(H,23,25)/t14-/m0/s1. The summed E-state index contributed by atoms with van der Waals surface area (Å²) in [6.07, 6.45) is -0.00584. The van der Waals surface area contributed by atoms with Crippen LogP contribution in [0.5, 0.6) is 17.2 Å². The number of hydrogen-bond acceptors (Lipinski definition) is 7. The largest absolute Gasteiger partial charge is 0.497 e. The first-order chi connectivity index (χ1) is 14.9. The van der Waals surface area contributed by atoms with Crippen LogP contribution in [0.1, 0.15) is 6.42 Å². The number of nitrogens with one attached hydrogen (secondary N) is 1. The summed E-state index contributed by atoms with van der Waals surface area (Å²) in [5.74, 6) is -0.272. The van der Waals surface area contributed by atoms with Gasteiger partial charge >= 0.3 is 5.97 Å². The Morgan fingerprint density at radius 2 is 1.68 bits per heavy atom. The molecule has 0 aliphatic carbocycles. The fraction of sp³-hybridized carbons (Fsp3) is 0.318. The third kappa shape index (κ3) is 5.25. The van der Waals surface area contributed by atoms with Crippen LogP contribution in [0.15, 0.2) is 42.5 Å². The molecule has 2 amide bonds. The van der Waals surface area contributed by atoms with E-state index >= 15 is 0 Å². The summed E-state index contributed by atoms with van der Waals surface area (Å²) in [5, 5.41) is 2.63. The van der Waals surface area contributed by atoms with Gasteiger partial charge < -0.3 is 29.2 Å². The second kappa shape index (κ2) is 9.84. The Hall–Kier alpha value is -3.75. The van der Waals surface area contributed by atoms with Crippen molar-refractivity contribution in [3.8, 4) is 17.2 Å². The molecule has 1 fully saturated rings. The van der Waals surface area contributed by atoms with Gasteiger partial charge in [0.15, 0.2) is 6.61 Å². The van der Waals surface area contributed by atoms with E-state index in [-0.39, 0.29) is 18.9 Å². The van der Waals surface area contributed by atoms with Gasteiger partial charge in [0.1, 0.15) is 17.2 Å². The number of benzene rings is 2. The van der Waals surface area contributed by atoms with Crippen LogP contribution >= 0.6 is 0 Å². The van der Waals surface area contributed by atoms with Crippen LogP contribution < -0.4 is 24.4 Å². The zero-order chi connectivity index (χ0) is 22.4. The molecule has 0 aromatic heterocycles. The SMILES string of the molecule is COc1ccc(NC(=O)COC(=O)[C@H]2CC(=O)N(c3ccc(OC)cc3OC)C2)cc1. The highest BCUT2D eigenvalue weighted by Crippen LogP contribution is 2.36. The normalized spacial score (nSPS) is 15.4. The predicted octanol–water partition coefficient (Wildman–Crippen LogP) is 2.25. The summed E-state index contributed by atoms with van der Waals surface area (Å²) in [7, 11) is 4.57. The number of carbonyl (C=O) groups is 3. The Bertz CT molecular complexity index is 959. The lowest BCUT2D eigenvalue weighted by molar-refractivity contribution is -0.151. The molecule has 1 aliphatic heterocycles. The Kier molecular flexibility index (Phi) is 6.96. The Balaban J connectivity index is 1.56. The van der Waals surface area contributed by atoms with Gasteiger partial charge in [-0.15, -0.1) is 0 Å². The number of anilines is 2. The topological polar surface area (TPSA) is 103 Å². The molecule has 164 valence electrons. The lowest BCUT2D eigenvalue weighted by atomic mass is 10.1. The molecule has 9 nitrogen and oxygen atoms in total. The average Bonchev–Trinajstić information content (AvgIpc) is 3.18. The number of nitrogens with zero attached hydrogens (tertiary/aromatic N) is 1. The number of ether oxygens (including phenoxy) is 4. The minimum atomic E-state index is -0.673. The van der Waals surface area contributed by atoms with Gasteiger partial charge in [-0.3, -0.25) is 14.4 Å². The van der Waals surface area contributed by atoms with Crippen molar-refractivity contribution in [2.75, 3.05) is 44.7 Å². The predicted molar refractivity (Wildman–Crippen MR) is 113 cm³/mol. The fourth-order valence-electron chi connectivity index (χ4n) is 3.23. The van der Waals surface area contributed by atoms with Crippen LogP contribution in [0.4, 0.5) is 11.4 Å². The maximum absolute atomic E-state index is 12.5. The van der Waals surface area contributed by atoms with E-state index in [2.05, 4.69) is 5.32 Å². The highest BCUT2D eigenvalue weighted by atomic mass is 16.5. The molecule has 1 aliphatic rings. The second-order valence-electron chi connectivity index (χ2n) is 6.83. The molecule has 0 spiro atoms. The van der Waals surface area contributed by atoms with Crippen molar-refractivity contribution in [1.82, 2.24) is 0 Å². The zero-order valence-corrected chi connectivity index (χ0v) is 17.5. The molecule has 31 heavy (non-hydrogen) atoms. The number of carbonyl (C=O) groups excluding carboxylic acids is 3. The Morgan fingerprint density at radius 1 is 1.00 bits per heavy atom. The van der Waals surface area contributed by atoms with Crippen molar-refractivity contribution < 1.29 is 33.3 Å². The van der Waals surface area contributed by atoms with E-state index in [9.17, 15) is 14.4 Å². The van der Waals surface area contributed by atoms with Crippen molar-refractivity contribution in [2.45, 2.75) is 6.42 Å². The van der Waals surface area contributed by atoms with E-state index in [0.717, 1.165) is 0 Å². The van der Waals surface area contributed by atoms with Gasteiger partial charge in [0, 0.05) is 24.7 Å².